The van der Waals surface area contributed by atoms with Crippen LogP contribution < -0.4 is 5.32 Å². The molecule has 1 atom stereocenters. The van der Waals surface area contributed by atoms with E-state index in [1.54, 1.807) is 20.9 Å². The molecule has 0 saturated heterocycles. The largest absolute Gasteiger partial charge is 0.478 e. The molecule has 7 heteroatoms. The zero-order chi connectivity index (χ0) is 14.6. The van der Waals surface area contributed by atoms with Crippen LogP contribution in [0.15, 0.2) is 10.5 Å². The number of amides is 2. The number of aliphatic hydroxyl groups excluding tert-OH is 1. The van der Waals surface area contributed by atoms with E-state index < -0.39 is 5.97 Å². The van der Waals surface area contributed by atoms with Gasteiger partial charge in [0.2, 0.25) is 0 Å². The van der Waals surface area contributed by atoms with Crippen LogP contribution in [0.1, 0.15) is 28.8 Å². The number of aliphatic hydroxyl groups is 1. The zero-order valence-corrected chi connectivity index (χ0v) is 11.1. The third-order valence-electron chi connectivity index (χ3n) is 2.86. The molecular formula is C12H18N2O5. The molecule has 0 aliphatic carbocycles. The normalized spacial score (nSPS) is 12.0. The third-order valence-corrected chi connectivity index (χ3v) is 2.86. The second-order valence-corrected chi connectivity index (χ2v) is 4.29. The van der Waals surface area contributed by atoms with E-state index in [0.29, 0.717) is 11.5 Å². The Bertz CT molecular complexity index is 469. The van der Waals surface area contributed by atoms with Crippen LogP contribution in [0.4, 0.5) is 4.79 Å². The number of carboxylic acid groups (broad SMARTS) is 1. The number of furan rings is 1. The molecule has 0 spiro atoms. The number of aromatic carboxylic acids is 1. The van der Waals surface area contributed by atoms with E-state index >= 15 is 0 Å². The minimum Gasteiger partial charge on any atom is -0.478 e. The van der Waals surface area contributed by atoms with Gasteiger partial charge in [0.05, 0.1) is 19.2 Å². The van der Waals surface area contributed by atoms with Gasteiger partial charge in [-0.05, 0) is 19.9 Å². The van der Waals surface area contributed by atoms with Gasteiger partial charge in [0, 0.05) is 7.05 Å². The van der Waals surface area contributed by atoms with Gasteiger partial charge in [0.15, 0.2) is 0 Å². The van der Waals surface area contributed by atoms with Gasteiger partial charge in [-0.25, -0.2) is 9.59 Å². The molecule has 0 bridgehead atoms. The van der Waals surface area contributed by atoms with Crippen LogP contribution in [0.5, 0.6) is 0 Å². The molecule has 1 aromatic heterocycles. The van der Waals surface area contributed by atoms with Crippen molar-refractivity contribution in [2.75, 3.05) is 13.7 Å². The fourth-order valence-corrected chi connectivity index (χ4v) is 1.45. The highest BCUT2D eigenvalue weighted by Gasteiger charge is 2.17. The third kappa shape index (κ3) is 3.72. The van der Waals surface area contributed by atoms with Crippen molar-refractivity contribution < 1.29 is 24.2 Å². The molecule has 1 heterocycles. The first kappa shape index (κ1) is 15.0. The molecule has 0 aliphatic heterocycles. The molecule has 1 rings (SSSR count). The Hall–Kier alpha value is -2.02. The summed E-state index contributed by atoms with van der Waals surface area (Å²) in [5, 5.41) is 20.4. The smallest absolute Gasteiger partial charge is 0.339 e. The van der Waals surface area contributed by atoms with Crippen LogP contribution in [-0.2, 0) is 6.54 Å². The molecule has 0 saturated carbocycles. The van der Waals surface area contributed by atoms with E-state index in [9.17, 15) is 9.59 Å². The number of nitrogens with zero attached hydrogens (tertiary/aromatic N) is 1. The predicted molar refractivity (Wildman–Crippen MR) is 67.0 cm³/mol. The molecule has 0 aromatic carbocycles. The maximum atomic E-state index is 11.7. The Morgan fingerprint density at radius 3 is 2.63 bits per heavy atom. The van der Waals surface area contributed by atoms with Gasteiger partial charge < -0.3 is 24.8 Å². The molecule has 106 valence electrons. The molecule has 0 fully saturated rings. The standard InChI is InChI=1S/C12H18N2O5/c1-7(6-15)14(3)12(18)13-5-9-4-10(11(16)17)8(2)19-9/h4,7,15H,5-6H2,1-3H3,(H,13,18)(H,16,17). The van der Waals surface area contributed by atoms with Crippen molar-refractivity contribution in [2.24, 2.45) is 0 Å². The Kier molecular flexibility index (Phi) is 4.94. The summed E-state index contributed by atoms with van der Waals surface area (Å²) in [5.41, 5.74) is 0.0846. The highest BCUT2D eigenvalue weighted by molar-refractivity contribution is 5.88. The lowest BCUT2D eigenvalue weighted by molar-refractivity contribution is 0.0695. The number of hydrogen-bond acceptors (Lipinski definition) is 4. The van der Waals surface area contributed by atoms with Gasteiger partial charge in [-0.1, -0.05) is 0 Å². The molecule has 1 unspecified atom stereocenters. The average Bonchev–Trinajstić information content (AvgIpc) is 2.75. The van der Waals surface area contributed by atoms with Crippen LogP contribution in [-0.4, -0.2) is 46.8 Å². The fourth-order valence-electron chi connectivity index (χ4n) is 1.45. The van der Waals surface area contributed by atoms with E-state index in [-0.39, 0.29) is 30.8 Å². The van der Waals surface area contributed by atoms with E-state index in [1.807, 2.05) is 0 Å². The second kappa shape index (κ2) is 6.24. The first-order chi connectivity index (χ1) is 8.86. The van der Waals surface area contributed by atoms with E-state index in [0.717, 1.165) is 0 Å². The predicted octanol–water partition coefficient (Wildman–Crippen LogP) is 0.808. The van der Waals surface area contributed by atoms with Crippen LogP contribution in [0.3, 0.4) is 0 Å². The van der Waals surface area contributed by atoms with Gasteiger partial charge in [0.1, 0.15) is 17.1 Å². The molecule has 19 heavy (non-hydrogen) atoms. The van der Waals surface area contributed by atoms with Crippen LogP contribution in [0, 0.1) is 6.92 Å². The SMILES string of the molecule is Cc1oc(CNC(=O)N(C)C(C)CO)cc1C(=O)O. The Labute approximate surface area is 110 Å². The lowest BCUT2D eigenvalue weighted by atomic mass is 10.2. The number of rotatable bonds is 5. The summed E-state index contributed by atoms with van der Waals surface area (Å²) >= 11 is 0. The number of hydrogen-bond donors (Lipinski definition) is 3. The highest BCUT2D eigenvalue weighted by atomic mass is 16.4. The van der Waals surface area contributed by atoms with Crippen molar-refractivity contribution in [1.29, 1.82) is 0 Å². The Balaban J connectivity index is 2.60. The summed E-state index contributed by atoms with van der Waals surface area (Å²) in [4.78, 5) is 23.9. The van der Waals surface area contributed by atoms with Crippen LogP contribution in [0.25, 0.3) is 0 Å². The molecule has 2 amide bonds. The maximum absolute atomic E-state index is 11.7. The maximum Gasteiger partial charge on any atom is 0.339 e. The van der Waals surface area contributed by atoms with Crippen molar-refractivity contribution >= 4 is 12.0 Å². The van der Waals surface area contributed by atoms with Crippen molar-refractivity contribution in [1.82, 2.24) is 10.2 Å². The number of aryl methyl sites for hydroxylation is 1. The molecule has 7 nitrogen and oxygen atoms in total. The molecule has 1 aromatic rings. The molecule has 0 radical (unpaired) electrons. The lowest BCUT2D eigenvalue weighted by Gasteiger charge is -2.23. The van der Waals surface area contributed by atoms with Crippen LogP contribution >= 0.6 is 0 Å². The van der Waals surface area contributed by atoms with Gasteiger partial charge in [-0.15, -0.1) is 0 Å². The van der Waals surface area contributed by atoms with Crippen LogP contribution in [0.2, 0.25) is 0 Å². The average molecular weight is 270 g/mol. The first-order valence-electron chi connectivity index (χ1n) is 5.81. The minimum atomic E-state index is -1.06. The summed E-state index contributed by atoms with van der Waals surface area (Å²) in [6, 6.07) is 0.716. The summed E-state index contributed by atoms with van der Waals surface area (Å²) in [6.45, 7) is 3.22. The fraction of sp³-hybridized carbons (Fsp3) is 0.500. The van der Waals surface area contributed by atoms with E-state index in [2.05, 4.69) is 5.32 Å². The van der Waals surface area contributed by atoms with E-state index in [1.165, 1.54) is 11.0 Å². The monoisotopic (exact) mass is 270 g/mol. The summed E-state index contributed by atoms with van der Waals surface area (Å²) < 4.78 is 5.23. The summed E-state index contributed by atoms with van der Waals surface area (Å²) in [7, 11) is 1.56. The van der Waals surface area contributed by atoms with Gasteiger partial charge in [0.25, 0.3) is 0 Å². The Morgan fingerprint density at radius 2 is 2.16 bits per heavy atom. The molecule has 3 N–H and O–H groups in total. The topological polar surface area (TPSA) is 103 Å². The summed E-state index contributed by atoms with van der Waals surface area (Å²) in [5.74, 6) is -0.396. The zero-order valence-electron chi connectivity index (χ0n) is 11.1. The van der Waals surface area contributed by atoms with Gasteiger partial charge in [-0.2, -0.15) is 0 Å². The van der Waals surface area contributed by atoms with Gasteiger partial charge in [-0.3, -0.25) is 0 Å². The van der Waals surface area contributed by atoms with E-state index in [4.69, 9.17) is 14.6 Å². The number of likely N-dealkylation sites (N-methyl/N-ethyl adjacent to an activating group) is 1. The number of nitrogens with one attached hydrogen (secondary N) is 1. The number of carbonyl (C=O) groups is 2. The Morgan fingerprint density at radius 1 is 1.53 bits per heavy atom. The van der Waals surface area contributed by atoms with Crippen molar-refractivity contribution in [3.8, 4) is 0 Å². The molecular weight excluding hydrogens is 252 g/mol. The lowest BCUT2D eigenvalue weighted by Crippen LogP contribution is -2.43. The van der Waals surface area contributed by atoms with Crippen molar-refractivity contribution in [2.45, 2.75) is 26.4 Å². The number of carbonyl (C=O) groups excluding carboxylic acids is 1. The summed E-state index contributed by atoms with van der Waals surface area (Å²) in [6.07, 6.45) is 0. The van der Waals surface area contributed by atoms with Crippen molar-refractivity contribution in [3.63, 3.8) is 0 Å². The number of carboxylic acids is 1. The molecule has 0 aliphatic rings. The number of urea groups is 1. The second-order valence-electron chi connectivity index (χ2n) is 4.29. The minimum absolute atomic E-state index is 0.0846. The quantitative estimate of drug-likeness (QED) is 0.734. The first-order valence-corrected chi connectivity index (χ1v) is 5.81. The van der Waals surface area contributed by atoms with Gasteiger partial charge >= 0.3 is 12.0 Å². The van der Waals surface area contributed by atoms with Crippen molar-refractivity contribution in [3.05, 3.63) is 23.2 Å². The highest BCUT2D eigenvalue weighted by Crippen LogP contribution is 2.14.